The molecule has 0 aliphatic carbocycles. The Labute approximate surface area is 134 Å². The van der Waals surface area contributed by atoms with E-state index in [4.69, 9.17) is 14.0 Å². The first-order chi connectivity index (χ1) is 11.2. The van der Waals surface area contributed by atoms with Crippen LogP contribution in [0.1, 0.15) is 5.56 Å². The smallest absolute Gasteiger partial charge is 0.358 e. The summed E-state index contributed by atoms with van der Waals surface area (Å²) in [5.41, 5.74) is 0.259. The van der Waals surface area contributed by atoms with Crippen LogP contribution >= 0.6 is 11.3 Å². The number of hydrogen-bond acceptors (Lipinski definition) is 8. The summed E-state index contributed by atoms with van der Waals surface area (Å²) < 4.78 is 10.4. The summed E-state index contributed by atoms with van der Waals surface area (Å²) in [7, 11) is 1.29. The van der Waals surface area contributed by atoms with E-state index in [1.807, 2.05) is 0 Å². The molecule has 0 aliphatic rings. The zero-order chi connectivity index (χ0) is 16.2. The Kier molecular flexibility index (Phi) is 4.11. The van der Waals surface area contributed by atoms with Gasteiger partial charge in [-0.25, -0.2) is 4.79 Å². The van der Waals surface area contributed by atoms with E-state index in [1.54, 1.807) is 35.9 Å². The van der Waals surface area contributed by atoms with Gasteiger partial charge in [-0.1, -0.05) is 10.3 Å². The van der Waals surface area contributed by atoms with Crippen molar-refractivity contribution in [3.63, 3.8) is 0 Å². The lowest BCUT2D eigenvalue weighted by Gasteiger charge is -1.97. The number of oxime groups is 1. The molecule has 0 spiro atoms. The van der Waals surface area contributed by atoms with Gasteiger partial charge in [0.15, 0.2) is 17.3 Å². The zero-order valence-electron chi connectivity index (χ0n) is 11.8. The van der Waals surface area contributed by atoms with Gasteiger partial charge in [0.25, 0.3) is 0 Å². The molecule has 8 nitrogen and oxygen atoms in total. The van der Waals surface area contributed by atoms with E-state index in [0.717, 1.165) is 0 Å². The van der Waals surface area contributed by atoms with Crippen molar-refractivity contribution in [3.8, 4) is 11.5 Å². The van der Waals surface area contributed by atoms with Crippen molar-refractivity contribution in [1.29, 1.82) is 0 Å². The van der Waals surface area contributed by atoms with Crippen LogP contribution in [0.25, 0.3) is 11.5 Å². The topological polar surface area (TPSA) is 110 Å². The Morgan fingerprint density at radius 2 is 2.30 bits per heavy atom. The lowest BCUT2D eigenvalue weighted by molar-refractivity contribution is -0.129. The van der Waals surface area contributed by atoms with E-state index >= 15 is 0 Å². The molecule has 0 saturated heterocycles. The molecule has 3 aromatic rings. The molecule has 0 bridgehead atoms. The summed E-state index contributed by atoms with van der Waals surface area (Å²) in [6, 6.07) is 6.82. The van der Waals surface area contributed by atoms with Crippen molar-refractivity contribution in [2.45, 2.75) is 0 Å². The molecular weight excluding hydrogens is 322 g/mol. The van der Waals surface area contributed by atoms with Gasteiger partial charge in [0, 0.05) is 17.0 Å². The van der Waals surface area contributed by atoms with E-state index in [2.05, 4.69) is 20.5 Å². The maximum Gasteiger partial charge on any atom is 0.358 e. The predicted molar refractivity (Wildman–Crippen MR) is 83.0 cm³/mol. The lowest BCUT2D eigenvalue weighted by atomic mass is 10.2. The SMILES string of the molecule is CON=C(C(=O)O)c1csc(Nc2cc(-c3ccco3)on2)c1. The van der Waals surface area contributed by atoms with Gasteiger partial charge in [-0.15, -0.1) is 11.3 Å². The third-order valence-electron chi connectivity index (χ3n) is 2.78. The first-order valence-corrected chi connectivity index (χ1v) is 7.26. The maximum absolute atomic E-state index is 11.1. The summed E-state index contributed by atoms with van der Waals surface area (Å²) in [5, 5.41) is 21.9. The number of carboxylic acids is 1. The van der Waals surface area contributed by atoms with Crippen LogP contribution in [0.2, 0.25) is 0 Å². The van der Waals surface area contributed by atoms with E-state index in [0.29, 0.717) is 27.9 Å². The molecule has 3 heterocycles. The first kappa shape index (κ1) is 14.9. The minimum Gasteiger partial charge on any atom is -0.476 e. The van der Waals surface area contributed by atoms with Crippen LogP contribution in [0.3, 0.4) is 0 Å². The number of anilines is 2. The number of rotatable bonds is 6. The summed E-state index contributed by atoms with van der Waals surface area (Å²) in [4.78, 5) is 15.7. The number of carboxylic acid groups (broad SMARTS) is 1. The van der Waals surface area contributed by atoms with Crippen molar-refractivity contribution < 1.29 is 23.7 Å². The minimum atomic E-state index is -1.17. The molecule has 0 saturated carbocycles. The van der Waals surface area contributed by atoms with E-state index < -0.39 is 5.97 Å². The number of aliphatic carboxylic acids is 1. The summed E-state index contributed by atoms with van der Waals surface area (Å²) in [6.07, 6.45) is 1.54. The molecule has 3 rings (SSSR count). The van der Waals surface area contributed by atoms with Crippen LogP contribution < -0.4 is 5.32 Å². The molecule has 0 fully saturated rings. The van der Waals surface area contributed by atoms with Gasteiger partial charge in [0.1, 0.15) is 7.11 Å². The largest absolute Gasteiger partial charge is 0.476 e. The monoisotopic (exact) mass is 333 g/mol. The van der Waals surface area contributed by atoms with Crippen molar-refractivity contribution in [3.05, 3.63) is 41.5 Å². The Balaban J connectivity index is 1.77. The number of aromatic nitrogens is 1. The van der Waals surface area contributed by atoms with Gasteiger partial charge in [0.2, 0.25) is 5.76 Å². The van der Waals surface area contributed by atoms with Crippen LogP contribution in [0.4, 0.5) is 10.8 Å². The number of nitrogens with one attached hydrogen (secondary N) is 1. The second-order valence-corrected chi connectivity index (χ2v) is 5.22. The van der Waals surface area contributed by atoms with Gasteiger partial charge < -0.3 is 24.2 Å². The molecule has 0 amide bonds. The van der Waals surface area contributed by atoms with Gasteiger partial charge in [-0.2, -0.15) is 0 Å². The minimum absolute atomic E-state index is 0.173. The highest BCUT2D eigenvalue weighted by Gasteiger charge is 2.16. The molecule has 0 radical (unpaired) electrons. The summed E-state index contributed by atoms with van der Waals surface area (Å²) in [6.45, 7) is 0. The first-order valence-electron chi connectivity index (χ1n) is 6.38. The standard InChI is InChI=1S/C14H11N3O5S/c1-20-17-13(14(18)19)8-5-12(23-7-8)15-11-6-10(22-16-11)9-3-2-4-21-9/h2-7H,1H3,(H,15,16)(H,18,19). The molecule has 0 atom stereocenters. The quantitative estimate of drug-likeness (QED) is 0.526. The van der Waals surface area contributed by atoms with E-state index in [1.165, 1.54) is 18.4 Å². The molecular formula is C14H11N3O5S. The Bertz CT molecular complexity index is 834. The molecule has 3 aromatic heterocycles. The number of nitrogens with zero attached hydrogens (tertiary/aromatic N) is 2. The predicted octanol–water partition coefficient (Wildman–Crippen LogP) is 3.17. The molecule has 118 valence electrons. The number of hydrogen-bond donors (Lipinski definition) is 2. The molecule has 2 N–H and O–H groups in total. The molecule has 0 aliphatic heterocycles. The van der Waals surface area contributed by atoms with Gasteiger partial charge in [0.05, 0.1) is 11.3 Å². The van der Waals surface area contributed by atoms with Crippen LogP contribution in [-0.2, 0) is 9.63 Å². The van der Waals surface area contributed by atoms with Crippen molar-refractivity contribution in [1.82, 2.24) is 5.16 Å². The van der Waals surface area contributed by atoms with Gasteiger partial charge >= 0.3 is 5.97 Å². The van der Waals surface area contributed by atoms with E-state index in [-0.39, 0.29) is 5.71 Å². The lowest BCUT2D eigenvalue weighted by Crippen LogP contribution is -2.13. The van der Waals surface area contributed by atoms with Crippen molar-refractivity contribution >= 4 is 33.8 Å². The number of carbonyl (C=O) groups is 1. The second kappa shape index (κ2) is 6.36. The van der Waals surface area contributed by atoms with Crippen LogP contribution in [0.5, 0.6) is 0 Å². The number of thiophene rings is 1. The fraction of sp³-hybridized carbons (Fsp3) is 0.0714. The normalized spacial score (nSPS) is 11.4. The summed E-state index contributed by atoms with van der Waals surface area (Å²) in [5.74, 6) is 0.363. The highest BCUT2D eigenvalue weighted by atomic mass is 32.1. The summed E-state index contributed by atoms with van der Waals surface area (Å²) >= 11 is 1.31. The molecule has 0 aromatic carbocycles. The molecule has 23 heavy (non-hydrogen) atoms. The zero-order valence-corrected chi connectivity index (χ0v) is 12.7. The van der Waals surface area contributed by atoms with Crippen molar-refractivity contribution in [2.75, 3.05) is 12.4 Å². The fourth-order valence-corrected chi connectivity index (χ4v) is 2.62. The molecule has 9 heteroatoms. The van der Waals surface area contributed by atoms with Crippen LogP contribution in [0.15, 0.2) is 50.0 Å². The van der Waals surface area contributed by atoms with Crippen LogP contribution in [-0.4, -0.2) is 29.1 Å². The Morgan fingerprint density at radius 1 is 1.43 bits per heavy atom. The van der Waals surface area contributed by atoms with Crippen LogP contribution in [0, 0.1) is 0 Å². The van der Waals surface area contributed by atoms with Gasteiger partial charge in [-0.05, 0) is 18.2 Å². The number of furan rings is 1. The average molecular weight is 333 g/mol. The fourth-order valence-electron chi connectivity index (χ4n) is 1.83. The van der Waals surface area contributed by atoms with Gasteiger partial charge in [-0.3, -0.25) is 0 Å². The maximum atomic E-state index is 11.1. The van der Waals surface area contributed by atoms with Crippen molar-refractivity contribution in [2.24, 2.45) is 5.16 Å². The highest BCUT2D eigenvalue weighted by molar-refractivity contribution is 7.14. The Hall–Kier alpha value is -3.07. The third kappa shape index (κ3) is 3.24. The average Bonchev–Trinajstić information content (AvgIpc) is 3.26. The third-order valence-corrected chi connectivity index (χ3v) is 3.63. The molecule has 0 unspecified atom stereocenters. The Morgan fingerprint density at radius 3 is 3.00 bits per heavy atom. The highest BCUT2D eigenvalue weighted by Crippen LogP contribution is 2.28. The second-order valence-electron chi connectivity index (χ2n) is 4.31. The van der Waals surface area contributed by atoms with E-state index in [9.17, 15) is 4.79 Å².